The minimum absolute atomic E-state index is 0.0897. The number of carbonyl (C=O) groups excluding carboxylic acids is 1. The average molecular weight is 477 g/mol. The molecular weight excluding hydrogens is 448 g/mol. The first kappa shape index (κ1) is 23.0. The van der Waals surface area contributed by atoms with Crippen molar-refractivity contribution < 1.29 is 13.2 Å². The number of nitrogens with zero attached hydrogens (tertiary/aromatic N) is 3. The standard InChI is InChI=1S/C23H29ClN4O3S/c1-18-15-20(27-9-2-3-10-27)7-8-22(18)25-23(29)17-26-11-13-28(14-12-26)32(30,31)21-6-4-5-19(24)16-21/h4-8,15-16H,2-3,9-14,17H2,1H3,(H,25,29). The first-order valence-corrected chi connectivity index (χ1v) is 12.8. The van der Waals surface area contributed by atoms with Crippen molar-refractivity contribution in [3.8, 4) is 0 Å². The van der Waals surface area contributed by atoms with Crippen molar-refractivity contribution in [1.82, 2.24) is 9.21 Å². The molecule has 0 atom stereocenters. The molecular formula is C23H29ClN4O3S. The highest BCUT2D eigenvalue weighted by Gasteiger charge is 2.29. The molecule has 0 bridgehead atoms. The molecule has 2 fully saturated rings. The fraction of sp³-hybridized carbons (Fsp3) is 0.435. The first-order valence-electron chi connectivity index (χ1n) is 11.0. The Hall–Kier alpha value is -2.13. The van der Waals surface area contributed by atoms with Crippen LogP contribution in [0.25, 0.3) is 0 Å². The van der Waals surface area contributed by atoms with Crippen LogP contribution in [0, 0.1) is 6.92 Å². The van der Waals surface area contributed by atoms with Gasteiger partial charge in [0, 0.05) is 55.7 Å². The summed E-state index contributed by atoms with van der Waals surface area (Å²) < 4.78 is 27.1. The van der Waals surface area contributed by atoms with E-state index in [2.05, 4.69) is 22.3 Å². The second-order valence-electron chi connectivity index (χ2n) is 8.38. The molecule has 7 nitrogen and oxygen atoms in total. The Bertz CT molecular complexity index is 1080. The molecule has 9 heteroatoms. The van der Waals surface area contributed by atoms with Crippen molar-refractivity contribution in [1.29, 1.82) is 0 Å². The summed E-state index contributed by atoms with van der Waals surface area (Å²) in [4.78, 5) is 17.1. The number of hydrogen-bond acceptors (Lipinski definition) is 5. The van der Waals surface area contributed by atoms with Crippen LogP contribution in [-0.2, 0) is 14.8 Å². The number of nitrogens with one attached hydrogen (secondary N) is 1. The first-order chi connectivity index (χ1) is 15.3. The van der Waals surface area contributed by atoms with E-state index in [-0.39, 0.29) is 17.3 Å². The lowest BCUT2D eigenvalue weighted by Gasteiger charge is -2.33. The van der Waals surface area contributed by atoms with Gasteiger partial charge in [0.2, 0.25) is 15.9 Å². The number of aryl methyl sites for hydroxylation is 1. The van der Waals surface area contributed by atoms with E-state index in [0.717, 1.165) is 24.3 Å². The van der Waals surface area contributed by atoms with E-state index in [1.54, 1.807) is 18.2 Å². The Morgan fingerprint density at radius 1 is 1.00 bits per heavy atom. The van der Waals surface area contributed by atoms with E-state index >= 15 is 0 Å². The second kappa shape index (κ2) is 9.79. The molecule has 0 unspecified atom stereocenters. The van der Waals surface area contributed by atoms with Crippen LogP contribution in [0.3, 0.4) is 0 Å². The summed E-state index contributed by atoms with van der Waals surface area (Å²) in [5.74, 6) is -0.0897. The topological polar surface area (TPSA) is 73.0 Å². The van der Waals surface area contributed by atoms with Crippen LogP contribution in [0.4, 0.5) is 11.4 Å². The maximum absolute atomic E-state index is 12.8. The minimum Gasteiger partial charge on any atom is -0.372 e. The van der Waals surface area contributed by atoms with E-state index in [0.29, 0.717) is 31.2 Å². The third-order valence-corrected chi connectivity index (χ3v) is 8.22. The molecule has 0 aromatic heterocycles. The zero-order valence-electron chi connectivity index (χ0n) is 18.3. The molecule has 4 rings (SSSR count). The summed E-state index contributed by atoms with van der Waals surface area (Å²) in [6.45, 7) is 6.10. The van der Waals surface area contributed by atoms with Crippen LogP contribution in [0.15, 0.2) is 47.4 Å². The van der Waals surface area contributed by atoms with Crippen LogP contribution in [0.1, 0.15) is 18.4 Å². The summed E-state index contributed by atoms with van der Waals surface area (Å²) in [6.07, 6.45) is 2.45. The van der Waals surface area contributed by atoms with Gasteiger partial charge in [-0.25, -0.2) is 8.42 Å². The molecule has 2 heterocycles. The van der Waals surface area contributed by atoms with E-state index in [9.17, 15) is 13.2 Å². The Morgan fingerprint density at radius 2 is 1.72 bits per heavy atom. The molecule has 0 saturated carbocycles. The number of sulfonamides is 1. The van der Waals surface area contributed by atoms with Gasteiger partial charge in [-0.05, 0) is 61.7 Å². The SMILES string of the molecule is Cc1cc(N2CCCC2)ccc1NC(=O)CN1CCN(S(=O)(=O)c2cccc(Cl)c2)CC1. The van der Waals surface area contributed by atoms with Gasteiger partial charge in [-0.3, -0.25) is 9.69 Å². The number of piperazine rings is 1. The van der Waals surface area contributed by atoms with Gasteiger partial charge in [-0.2, -0.15) is 4.31 Å². The van der Waals surface area contributed by atoms with E-state index < -0.39 is 10.0 Å². The molecule has 1 N–H and O–H groups in total. The lowest BCUT2D eigenvalue weighted by atomic mass is 10.1. The van der Waals surface area contributed by atoms with Crippen molar-refractivity contribution in [2.45, 2.75) is 24.7 Å². The number of amides is 1. The predicted molar refractivity (Wildman–Crippen MR) is 128 cm³/mol. The normalized spacial score (nSPS) is 18.1. The molecule has 0 aliphatic carbocycles. The molecule has 172 valence electrons. The number of hydrogen-bond donors (Lipinski definition) is 1. The molecule has 0 spiro atoms. The maximum Gasteiger partial charge on any atom is 0.243 e. The Kier molecular flexibility index (Phi) is 7.05. The summed E-state index contributed by atoms with van der Waals surface area (Å²) in [6, 6.07) is 12.5. The van der Waals surface area contributed by atoms with Crippen molar-refractivity contribution in [2.75, 3.05) is 56.0 Å². The molecule has 2 aromatic carbocycles. The van der Waals surface area contributed by atoms with Crippen LogP contribution >= 0.6 is 11.6 Å². The van der Waals surface area contributed by atoms with Crippen molar-refractivity contribution >= 4 is 38.9 Å². The molecule has 2 aliphatic rings. The highest BCUT2D eigenvalue weighted by atomic mass is 35.5. The average Bonchev–Trinajstić information content (AvgIpc) is 3.30. The van der Waals surface area contributed by atoms with Gasteiger partial charge in [-0.15, -0.1) is 0 Å². The molecule has 2 saturated heterocycles. The summed E-state index contributed by atoms with van der Waals surface area (Å²) in [5.41, 5.74) is 3.07. The van der Waals surface area contributed by atoms with E-state index in [1.807, 2.05) is 17.9 Å². The van der Waals surface area contributed by atoms with Crippen LogP contribution in [-0.4, -0.2) is 69.3 Å². The van der Waals surface area contributed by atoms with Crippen LogP contribution in [0.5, 0.6) is 0 Å². The quantitative estimate of drug-likeness (QED) is 0.693. The minimum atomic E-state index is -3.58. The molecule has 2 aromatic rings. The van der Waals surface area contributed by atoms with Crippen molar-refractivity contribution in [2.24, 2.45) is 0 Å². The number of halogens is 1. The van der Waals surface area contributed by atoms with Crippen LogP contribution in [0.2, 0.25) is 5.02 Å². The monoisotopic (exact) mass is 476 g/mol. The zero-order valence-corrected chi connectivity index (χ0v) is 19.8. The van der Waals surface area contributed by atoms with Crippen LogP contribution < -0.4 is 10.2 Å². The van der Waals surface area contributed by atoms with Gasteiger partial charge >= 0.3 is 0 Å². The highest BCUT2D eigenvalue weighted by molar-refractivity contribution is 7.89. The largest absolute Gasteiger partial charge is 0.372 e. The molecule has 2 aliphatic heterocycles. The number of carbonyl (C=O) groups is 1. The molecule has 32 heavy (non-hydrogen) atoms. The smallest absolute Gasteiger partial charge is 0.243 e. The zero-order chi connectivity index (χ0) is 22.7. The van der Waals surface area contributed by atoms with Gasteiger partial charge in [0.1, 0.15) is 0 Å². The van der Waals surface area contributed by atoms with Crippen molar-refractivity contribution in [3.05, 3.63) is 53.1 Å². The summed E-state index contributed by atoms with van der Waals surface area (Å²) in [5, 5.41) is 3.40. The summed E-state index contributed by atoms with van der Waals surface area (Å²) >= 11 is 5.95. The van der Waals surface area contributed by atoms with Gasteiger partial charge < -0.3 is 10.2 Å². The van der Waals surface area contributed by atoms with Gasteiger partial charge in [0.05, 0.1) is 11.4 Å². The fourth-order valence-corrected chi connectivity index (χ4v) is 5.98. The van der Waals surface area contributed by atoms with E-state index in [4.69, 9.17) is 11.6 Å². The number of benzene rings is 2. The highest BCUT2D eigenvalue weighted by Crippen LogP contribution is 2.26. The maximum atomic E-state index is 12.8. The van der Waals surface area contributed by atoms with E-state index in [1.165, 1.54) is 28.9 Å². The Morgan fingerprint density at radius 3 is 2.38 bits per heavy atom. The van der Waals surface area contributed by atoms with Gasteiger partial charge in [-0.1, -0.05) is 17.7 Å². The predicted octanol–water partition coefficient (Wildman–Crippen LogP) is 3.19. The van der Waals surface area contributed by atoms with Gasteiger partial charge in [0.25, 0.3) is 0 Å². The fourth-order valence-electron chi connectivity index (χ4n) is 4.26. The third-order valence-electron chi connectivity index (χ3n) is 6.09. The lowest BCUT2D eigenvalue weighted by molar-refractivity contribution is -0.117. The molecule has 0 radical (unpaired) electrons. The Balaban J connectivity index is 1.30. The Labute approximate surface area is 195 Å². The third kappa shape index (κ3) is 5.26. The van der Waals surface area contributed by atoms with Gasteiger partial charge in [0.15, 0.2) is 0 Å². The lowest BCUT2D eigenvalue weighted by Crippen LogP contribution is -2.50. The molecule has 1 amide bonds. The van der Waals surface area contributed by atoms with Crippen molar-refractivity contribution in [3.63, 3.8) is 0 Å². The number of anilines is 2. The summed E-state index contributed by atoms with van der Waals surface area (Å²) in [7, 11) is -3.58. The number of rotatable bonds is 6. The second-order valence-corrected chi connectivity index (χ2v) is 10.8.